The molecule has 2 aliphatic rings. The molecule has 0 saturated heterocycles. The van der Waals surface area contributed by atoms with Crippen molar-refractivity contribution in [3.8, 4) is 0 Å². The molecule has 0 radical (unpaired) electrons. The third-order valence-electron chi connectivity index (χ3n) is 4.23. The smallest absolute Gasteiger partial charge is 0.274 e. The Labute approximate surface area is 116 Å². The van der Waals surface area contributed by atoms with E-state index < -0.39 is 0 Å². The van der Waals surface area contributed by atoms with Crippen LogP contribution in [0, 0.1) is 0 Å². The van der Waals surface area contributed by atoms with Gasteiger partial charge in [-0.3, -0.25) is 14.6 Å². The molecule has 0 unspecified atom stereocenters. The van der Waals surface area contributed by atoms with Crippen LogP contribution in [0.5, 0.6) is 0 Å². The Bertz CT molecular complexity index is 636. The van der Waals surface area contributed by atoms with Gasteiger partial charge in [0, 0.05) is 12.1 Å². The van der Waals surface area contributed by atoms with Crippen molar-refractivity contribution in [3.05, 3.63) is 29.8 Å². The third kappa shape index (κ3) is 1.92. The molecular formula is C14H17N5O. The maximum absolute atomic E-state index is 12.4. The van der Waals surface area contributed by atoms with E-state index in [0.29, 0.717) is 17.7 Å². The number of anilines is 1. The molecule has 2 fully saturated rings. The zero-order chi connectivity index (χ0) is 13.5. The van der Waals surface area contributed by atoms with Gasteiger partial charge in [0.1, 0.15) is 5.69 Å². The lowest BCUT2D eigenvalue weighted by Gasteiger charge is -2.27. The molecule has 2 N–H and O–H groups in total. The molecule has 0 aliphatic heterocycles. The normalized spacial score (nSPS) is 18.8. The Morgan fingerprint density at radius 3 is 2.90 bits per heavy atom. The number of carbonyl (C=O) groups excluding carboxylic acids is 1. The molecule has 2 heterocycles. The molecule has 2 saturated carbocycles. The molecule has 0 bridgehead atoms. The fourth-order valence-corrected chi connectivity index (χ4v) is 2.68. The zero-order valence-electron chi connectivity index (χ0n) is 11.2. The molecule has 6 nitrogen and oxygen atoms in total. The second-order valence-corrected chi connectivity index (χ2v) is 5.67. The number of rotatable bonds is 4. The summed E-state index contributed by atoms with van der Waals surface area (Å²) in [6.45, 7) is 0. The highest BCUT2D eigenvalue weighted by Gasteiger charge is 2.29. The van der Waals surface area contributed by atoms with E-state index in [4.69, 9.17) is 0 Å². The number of nitrogens with zero attached hydrogens (tertiary/aromatic N) is 3. The van der Waals surface area contributed by atoms with E-state index >= 15 is 0 Å². The quantitative estimate of drug-likeness (QED) is 0.896. The molecule has 0 atom stereocenters. The molecule has 6 heteroatoms. The molecule has 2 aromatic heterocycles. The highest BCUT2D eigenvalue weighted by Crippen LogP contribution is 2.42. The van der Waals surface area contributed by atoms with Crippen LogP contribution in [0.2, 0.25) is 0 Å². The van der Waals surface area contributed by atoms with Crippen LogP contribution in [0.4, 0.5) is 5.69 Å². The fraction of sp³-hybridized carbons (Fsp3) is 0.500. The van der Waals surface area contributed by atoms with Crippen molar-refractivity contribution in [1.29, 1.82) is 0 Å². The van der Waals surface area contributed by atoms with E-state index in [9.17, 15) is 4.79 Å². The lowest BCUT2D eigenvalue weighted by atomic mass is 9.93. The van der Waals surface area contributed by atoms with Gasteiger partial charge in [0.05, 0.1) is 23.6 Å². The van der Waals surface area contributed by atoms with Crippen molar-refractivity contribution in [3.63, 3.8) is 0 Å². The number of hydrogen-bond donors (Lipinski definition) is 2. The van der Waals surface area contributed by atoms with Crippen LogP contribution in [0.3, 0.4) is 0 Å². The Morgan fingerprint density at radius 2 is 2.20 bits per heavy atom. The summed E-state index contributed by atoms with van der Waals surface area (Å²) in [6.07, 6.45) is 9.18. The first-order valence-electron chi connectivity index (χ1n) is 7.21. The number of amides is 1. The van der Waals surface area contributed by atoms with Crippen LogP contribution >= 0.6 is 0 Å². The molecule has 4 rings (SSSR count). The first-order chi connectivity index (χ1) is 9.83. The van der Waals surface area contributed by atoms with Gasteiger partial charge in [-0.15, -0.1) is 0 Å². The highest BCUT2D eigenvalue weighted by atomic mass is 16.2. The highest BCUT2D eigenvalue weighted by molar-refractivity contribution is 6.03. The largest absolute Gasteiger partial charge is 0.318 e. The lowest BCUT2D eigenvalue weighted by molar-refractivity contribution is 0.100. The van der Waals surface area contributed by atoms with Crippen molar-refractivity contribution < 1.29 is 4.79 Å². The van der Waals surface area contributed by atoms with Crippen LogP contribution in [0.1, 0.15) is 60.2 Å². The summed E-state index contributed by atoms with van der Waals surface area (Å²) in [4.78, 5) is 12.4. The number of nitrogens with one attached hydrogen (secondary N) is 2. The second kappa shape index (κ2) is 4.47. The van der Waals surface area contributed by atoms with Crippen LogP contribution in [0.15, 0.2) is 18.5 Å². The first kappa shape index (κ1) is 11.7. The zero-order valence-corrected chi connectivity index (χ0v) is 11.2. The van der Waals surface area contributed by atoms with Gasteiger partial charge in [0.2, 0.25) is 0 Å². The molecule has 0 spiro atoms. The minimum Gasteiger partial charge on any atom is -0.318 e. The Hall–Kier alpha value is -2.11. The number of carbonyl (C=O) groups is 1. The van der Waals surface area contributed by atoms with Gasteiger partial charge < -0.3 is 5.32 Å². The number of hydrogen-bond acceptors (Lipinski definition) is 3. The molecule has 2 aliphatic carbocycles. The van der Waals surface area contributed by atoms with E-state index in [1.807, 2.05) is 4.68 Å². The van der Waals surface area contributed by atoms with Gasteiger partial charge in [0.25, 0.3) is 5.91 Å². The van der Waals surface area contributed by atoms with Crippen LogP contribution in [-0.2, 0) is 0 Å². The van der Waals surface area contributed by atoms with Crippen molar-refractivity contribution >= 4 is 11.6 Å². The standard InChI is InChI=1S/C14H17N5O/c20-14(12-6-7-16-19(12)10-2-1-3-10)17-11-8-15-18-13(11)9-4-5-9/h6-10H,1-5H2,(H,15,18)(H,17,20). The Balaban J connectivity index is 1.55. The monoisotopic (exact) mass is 271 g/mol. The van der Waals surface area contributed by atoms with E-state index in [0.717, 1.165) is 24.2 Å². The number of H-pyrrole nitrogens is 1. The minimum absolute atomic E-state index is 0.0994. The molecule has 2 aromatic rings. The third-order valence-corrected chi connectivity index (χ3v) is 4.23. The van der Waals surface area contributed by atoms with E-state index in [1.54, 1.807) is 18.5 Å². The van der Waals surface area contributed by atoms with Crippen molar-refractivity contribution in [2.75, 3.05) is 5.32 Å². The maximum Gasteiger partial charge on any atom is 0.274 e. The summed E-state index contributed by atoms with van der Waals surface area (Å²) in [6, 6.07) is 2.17. The van der Waals surface area contributed by atoms with E-state index in [1.165, 1.54) is 19.3 Å². The lowest BCUT2D eigenvalue weighted by Crippen LogP contribution is -2.25. The van der Waals surface area contributed by atoms with Gasteiger partial charge in [-0.1, -0.05) is 0 Å². The van der Waals surface area contributed by atoms with Gasteiger partial charge >= 0.3 is 0 Å². The van der Waals surface area contributed by atoms with Gasteiger partial charge in [0.15, 0.2) is 0 Å². The molecule has 0 aromatic carbocycles. The minimum atomic E-state index is -0.0994. The summed E-state index contributed by atoms with van der Waals surface area (Å²) >= 11 is 0. The van der Waals surface area contributed by atoms with Crippen molar-refractivity contribution in [2.45, 2.75) is 44.1 Å². The molecule has 20 heavy (non-hydrogen) atoms. The van der Waals surface area contributed by atoms with Gasteiger partial charge in [-0.2, -0.15) is 10.2 Å². The van der Waals surface area contributed by atoms with E-state index in [2.05, 4.69) is 20.6 Å². The first-order valence-corrected chi connectivity index (χ1v) is 7.21. The maximum atomic E-state index is 12.4. The van der Waals surface area contributed by atoms with Crippen molar-refractivity contribution in [2.24, 2.45) is 0 Å². The van der Waals surface area contributed by atoms with Crippen LogP contribution in [0.25, 0.3) is 0 Å². The van der Waals surface area contributed by atoms with Crippen LogP contribution in [-0.4, -0.2) is 25.9 Å². The Morgan fingerprint density at radius 1 is 1.35 bits per heavy atom. The summed E-state index contributed by atoms with van der Waals surface area (Å²) < 4.78 is 1.86. The van der Waals surface area contributed by atoms with E-state index in [-0.39, 0.29) is 5.91 Å². The van der Waals surface area contributed by atoms with Gasteiger partial charge in [-0.05, 0) is 38.2 Å². The van der Waals surface area contributed by atoms with Gasteiger partial charge in [-0.25, -0.2) is 0 Å². The Kier molecular flexibility index (Phi) is 2.61. The number of aromatic nitrogens is 4. The fourth-order valence-electron chi connectivity index (χ4n) is 2.68. The predicted octanol–water partition coefficient (Wildman–Crippen LogP) is 2.46. The summed E-state index contributed by atoms with van der Waals surface area (Å²) in [5, 5.41) is 14.3. The summed E-state index contributed by atoms with van der Waals surface area (Å²) in [7, 11) is 0. The molecule has 1 amide bonds. The topological polar surface area (TPSA) is 75.6 Å². The average Bonchev–Trinajstić information content (AvgIpc) is 2.93. The number of aromatic amines is 1. The summed E-state index contributed by atoms with van der Waals surface area (Å²) in [5.41, 5.74) is 2.49. The molecule has 104 valence electrons. The predicted molar refractivity (Wildman–Crippen MR) is 73.6 cm³/mol. The van der Waals surface area contributed by atoms with Crippen molar-refractivity contribution in [1.82, 2.24) is 20.0 Å². The summed E-state index contributed by atoms with van der Waals surface area (Å²) in [5.74, 6) is 0.432. The second-order valence-electron chi connectivity index (χ2n) is 5.67. The van der Waals surface area contributed by atoms with Crippen LogP contribution < -0.4 is 5.32 Å². The average molecular weight is 271 g/mol. The SMILES string of the molecule is O=C(Nc1cn[nH]c1C1CC1)c1ccnn1C1CCC1. The molecular weight excluding hydrogens is 254 g/mol.